The van der Waals surface area contributed by atoms with Crippen LogP contribution in [-0.2, 0) is 7.05 Å². The van der Waals surface area contributed by atoms with Crippen LogP contribution in [0.25, 0.3) is 21.8 Å². The van der Waals surface area contributed by atoms with Gasteiger partial charge in [0.1, 0.15) is 12.6 Å². The number of benzene rings is 1. The van der Waals surface area contributed by atoms with Gasteiger partial charge in [-0.25, -0.2) is 4.98 Å². The fourth-order valence-corrected chi connectivity index (χ4v) is 1.99. The number of fused-ring (bicyclic) bond motifs is 3. The first-order valence-electron chi connectivity index (χ1n) is 4.98. The van der Waals surface area contributed by atoms with Gasteiger partial charge in [-0.2, -0.15) is 4.57 Å². The van der Waals surface area contributed by atoms with Crippen molar-refractivity contribution in [1.29, 1.82) is 0 Å². The third-order valence-corrected chi connectivity index (χ3v) is 2.72. The standard InChI is InChI=1S/C13H11N2/c1-15-9-10-5-2-3-6-11(10)13-12(15)7-4-8-14-13/h2-9H,1H3/q+1. The van der Waals surface area contributed by atoms with Crippen molar-refractivity contribution in [1.82, 2.24) is 4.98 Å². The van der Waals surface area contributed by atoms with Gasteiger partial charge in [0.25, 0.3) is 0 Å². The van der Waals surface area contributed by atoms with E-state index in [0.717, 1.165) is 11.0 Å². The largest absolute Gasteiger partial charge is 0.249 e. The van der Waals surface area contributed by atoms with Crippen LogP contribution in [0.4, 0.5) is 0 Å². The molecule has 0 aliphatic carbocycles. The van der Waals surface area contributed by atoms with E-state index in [1.54, 1.807) is 0 Å². The molecule has 0 spiro atoms. The molecule has 3 rings (SSSR count). The quantitative estimate of drug-likeness (QED) is 0.397. The van der Waals surface area contributed by atoms with Gasteiger partial charge in [0, 0.05) is 23.0 Å². The Balaban J connectivity index is 2.64. The molecule has 2 heteroatoms. The van der Waals surface area contributed by atoms with E-state index in [4.69, 9.17) is 0 Å². The maximum atomic E-state index is 4.45. The van der Waals surface area contributed by atoms with E-state index in [-0.39, 0.29) is 0 Å². The van der Waals surface area contributed by atoms with Gasteiger partial charge in [0.2, 0.25) is 5.52 Å². The van der Waals surface area contributed by atoms with Crippen LogP contribution in [0.3, 0.4) is 0 Å². The van der Waals surface area contributed by atoms with Gasteiger partial charge in [-0.1, -0.05) is 18.2 Å². The predicted molar refractivity (Wildman–Crippen MR) is 60.4 cm³/mol. The fraction of sp³-hybridized carbons (Fsp3) is 0.0769. The SMILES string of the molecule is C[n+]1cc2ccccc2c2ncccc21. The maximum Gasteiger partial charge on any atom is 0.231 e. The van der Waals surface area contributed by atoms with Gasteiger partial charge in [-0.15, -0.1) is 0 Å². The van der Waals surface area contributed by atoms with Crippen LogP contribution in [0.5, 0.6) is 0 Å². The van der Waals surface area contributed by atoms with Gasteiger partial charge in [-0.05, 0) is 12.1 Å². The fourth-order valence-electron chi connectivity index (χ4n) is 1.99. The zero-order chi connectivity index (χ0) is 10.3. The lowest BCUT2D eigenvalue weighted by Crippen LogP contribution is -2.28. The van der Waals surface area contributed by atoms with Crippen molar-refractivity contribution in [3.63, 3.8) is 0 Å². The van der Waals surface area contributed by atoms with Crippen LogP contribution in [-0.4, -0.2) is 4.98 Å². The predicted octanol–water partition coefficient (Wildman–Crippen LogP) is 2.21. The molecule has 2 aromatic heterocycles. The highest BCUT2D eigenvalue weighted by atomic mass is 14.9. The summed E-state index contributed by atoms with van der Waals surface area (Å²) >= 11 is 0. The molecule has 15 heavy (non-hydrogen) atoms. The van der Waals surface area contributed by atoms with Crippen molar-refractivity contribution in [3.05, 3.63) is 48.8 Å². The van der Waals surface area contributed by atoms with Crippen LogP contribution in [0.2, 0.25) is 0 Å². The Morgan fingerprint density at radius 2 is 1.93 bits per heavy atom. The molecule has 0 radical (unpaired) electrons. The lowest BCUT2D eigenvalue weighted by molar-refractivity contribution is -0.643. The summed E-state index contributed by atoms with van der Waals surface area (Å²) in [6.07, 6.45) is 3.98. The minimum absolute atomic E-state index is 1.07. The third kappa shape index (κ3) is 1.18. The van der Waals surface area contributed by atoms with Crippen molar-refractivity contribution in [2.45, 2.75) is 0 Å². The smallest absolute Gasteiger partial charge is 0.231 e. The number of hydrogen-bond acceptors (Lipinski definition) is 1. The van der Waals surface area contributed by atoms with Gasteiger partial charge in [-0.3, -0.25) is 0 Å². The van der Waals surface area contributed by atoms with Gasteiger partial charge in [0.15, 0.2) is 6.20 Å². The molecule has 2 nitrogen and oxygen atoms in total. The molecule has 2 heterocycles. The molecule has 0 bridgehead atoms. The normalized spacial score (nSPS) is 11.0. The van der Waals surface area contributed by atoms with Crippen molar-refractivity contribution < 1.29 is 4.57 Å². The summed E-state index contributed by atoms with van der Waals surface area (Å²) in [6.45, 7) is 0. The molecule has 1 aromatic carbocycles. The average molecular weight is 195 g/mol. The van der Waals surface area contributed by atoms with E-state index >= 15 is 0 Å². The van der Waals surface area contributed by atoms with Crippen molar-refractivity contribution in [2.24, 2.45) is 7.05 Å². The molecule has 0 aliphatic rings. The van der Waals surface area contributed by atoms with Crippen molar-refractivity contribution in [2.75, 3.05) is 0 Å². The van der Waals surface area contributed by atoms with Gasteiger partial charge in [0.05, 0.1) is 0 Å². The maximum absolute atomic E-state index is 4.45. The second-order valence-corrected chi connectivity index (χ2v) is 3.70. The molecule has 0 saturated carbocycles. The number of aromatic nitrogens is 2. The van der Waals surface area contributed by atoms with Gasteiger partial charge < -0.3 is 0 Å². The van der Waals surface area contributed by atoms with E-state index in [1.807, 2.05) is 12.3 Å². The van der Waals surface area contributed by atoms with Crippen LogP contribution in [0, 0.1) is 0 Å². The van der Waals surface area contributed by atoms with Crippen LogP contribution >= 0.6 is 0 Å². The second-order valence-electron chi connectivity index (χ2n) is 3.70. The van der Waals surface area contributed by atoms with E-state index in [1.165, 1.54) is 10.8 Å². The molecule has 0 saturated heterocycles. The van der Waals surface area contributed by atoms with E-state index < -0.39 is 0 Å². The third-order valence-electron chi connectivity index (χ3n) is 2.72. The van der Waals surface area contributed by atoms with E-state index in [0.29, 0.717) is 0 Å². The Labute approximate surface area is 87.8 Å². The Morgan fingerprint density at radius 3 is 2.87 bits per heavy atom. The van der Waals surface area contributed by atoms with Gasteiger partial charge >= 0.3 is 0 Å². The van der Waals surface area contributed by atoms with E-state index in [2.05, 4.69) is 53.1 Å². The molecule has 72 valence electrons. The monoisotopic (exact) mass is 195 g/mol. The molecular weight excluding hydrogens is 184 g/mol. The number of aryl methyl sites for hydroxylation is 1. The molecule has 0 fully saturated rings. The average Bonchev–Trinajstić information content (AvgIpc) is 2.30. The summed E-state index contributed by atoms with van der Waals surface area (Å²) in [5.74, 6) is 0. The first kappa shape index (κ1) is 8.36. The Hall–Kier alpha value is -1.96. The van der Waals surface area contributed by atoms with E-state index in [9.17, 15) is 0 Å². The summed E-state index contributed by atoms with van der Waals surface area (Å²) in [5.41, 5.74) is 2.23. The highest BCUT2D eigenvalue weighted by molar-refractivity contribution is 6.01. The summed E-state index contributed by atoms with van der Waals surface area (Å²) in [5, 5.41) is 2.44. The van der Waals surface area contributed by atoms with Crippen LogP contribution < -0.4 is 4.57 Å². The number of pyridine rings is 2. The molecule has 0 amide bonds. The molecule has 0 aliphatic heterocycles. The molecule has 0 N–H and O–H groups in total. The van der Waals surface area contributed by atoms with Crippen molar-refractivity contribution in [3.8, 4) is 0 Å². The summed E-state index contributed by atoms with van der Waals surface area (Å²) < 4.78 is 2.12. The Morgan fingerprint density at radius 1 is 1.07 bits per heavy atom. The highest BCUT2D eigenvalue weighted by Gasteiger charge is 2.09. The minimum atomic E-state index is 1.07. The second kappa shape index (κ2) is 3.02. The molecule has 0 unspecified atom stereocenters. The van der Waals surface area contributed by atoms with Crippen LogP contribution in [0.1, 0.15) is 0 Å². The number of nitrogens with zero attached hydrogens (tertiary/aromatic N) is 2. The zero-order valence-corrected chi connectivity index (χ0v) is 8.51. The molecular formula is C13H11N2+. The lowest BCUT2D eigenvalue weighted by atomic mass is 10.1. The first-order chi connectivity index (χ1) is 7.36. The molecule has 0 atom stereocenters. The Kier molecular flexibility index (Phi) is 1.68. The van der Waals surface area contributed by atoms with Crippen molar-refractivity contribution >= 4 is 21.8 Å². The lowest BCUT2D eigenvalue weighted by Gasteiger charge is -2.00. The topological polar surface area (TPSA) is 16.8 Å². The Bertz CT molecular complexity index is 644. The zero-order valence-electron chi connectivity index (χ0n) is 8.51. The minimum Gasteiger partial charge on any atom is -0.249 e. The summed E-state index contributed by atoms with van der Waals surface area (Å²) in [6, 6.07) is 12.4. The molecule has 3 aromatic rings. The summed E-state index contributed by atoms with van der Waals surface area (Å²) in [4.78, 5) is 4.45. The van der Waals surface area contributed by atoms with Crippen LogP contribution in [0.15, 0.2) is 48.8 Å². The summed E-state index contributed by atoms with van der Waals surface area (Å²) in [7, 11) is 2.05. The highest BCUT2D eigenvalue weighted by Crippen LogP contribution is 2.19. The number of hydrogen-bond donors (Lipinski definition) is 0. The number of rotatable bonds is 0. The first-order valence-corrected chi connectivity index (χ1v) is 4.98.